The monoisotopic (exact) mass is 228 g/mol. The van der Waals surface area contributed by atoms with Crippen LogP contribution < -0.4 is 10.6 Å². The number of aliphatic hydroxyl groups excluding tert-OH is 1. The van der Waals surface area contributed by atoms with Crippen LogP contribution in [0.25, 0.3) is 0 Å². The summed E-state index contributed by atoms with van der Waals surface area (Å²) in [6.45, 7) is 6.49. The number of hydrogen-bond acceptors (Lipinski definition) is 3. The number of rotatable bonds is 5. The predicted octanol–water partition coefficient (Wildman–Crippen LogP) is 0.511. The molecule has 1 amide bonds. The molecule has 1 fully saturated rings. The highest BCUT2D eigenvalue weighted by Crippen LogP contribution is 2.30. The largest absolute Gasteiger partial charge is 0.396 e. The maximum atomic E-state index is 12.1. The van der Waals surface area contributed by atoms with Crippen LogP contribution in [0.4, 0.5) is 0 Å². The third-order valence-electron chi connectivity index (χ3n) is 3.55. The standard InChI is InChI=1S/C12H24N2O2/c1-3-12(5-4-6-13-9-12)11(16)14-7-10(2)8-15/h10,13,15H,3-9H2,1-2H3,(H,14,16). The van der Waals surface area contributed by atoms with Crippen molar-refractivity contribution in [2.24, 2.45) is 11.3 Å². The van der Waals surface area contributed by atoms with Gasteiger partial charge < -0.3 is 15.7 Å². The van der Waals surface area contributed by atoms with Crippen molar-refractivity contribution in [2.45, 2.75) is 33.1 Å². The molecule has 0 spiro atoms. The van der Waals surface area contributed by atoms with Crippen molar-refractivity contribution in [3.8, 4) is 0 Å². The molecule has 1 saturated heterocycles. The van der Waals surface area contributed by atoms with Gasteiger partial charge in [0.15, 0.2) is 0 Å². The SMILES string of the molecule is CCC1(C(=O)NCC(C)CO)CCCNC1. The molecule has 1 aliphatic rings. The molecule has 4 heteroatoms. The van der Waals surface area contributed by atoms with E-state index in [1.165, 1.54) is 0 Å². The molecule has 0 saturated carbocycles. The highest BCUT2D eigenvalue weighted by molar-refractivity contribution is 5.83. The van der Waals surface area contributed by atoms with Gasteiger partial charge in [0.1, 0.15) is 0 Å². The molecule has 0 radical (unpaired) electrons. The molecular formula is C12H24N2O2. The van der Waals surface area contributed by atoms with Gasteiger partial charge in [-0.2, -0.15) is 0 Å². The van der Waals surface area contributed by atoms with Crippen LogP contribution in [0, 0.1) is 11.3 Å². The van der Waals surface area contributed by atoms with Gasteiger partial charge in [0.2, 0.25) is 5.91 Å². The summed E-state index contributed by atoms with van der Waals surface area (Å²) in [7, 11) is 0. The third-order valence-corrected chi connectivity index (χ3v) is 3.55. The van der Waals surface area contributed by atoms with Crippen molar-refractivity contribution in [2.75, 3.05) is 26.2 Å². The van der Waals surface area contributed by atoms with Gasteiger partial charge in [0.05, 0.1) is 5.41 Å². The Hall–Kier alpha value is -0.610. The van der Waals surface area contributed by atoms with E-state index in [0.717, 1.165) is 32.4 Å². The van der Waals surface area contributed by atoms with E-state index in [1.807, 2.05) is 6.92 Å². The van der Waals surface area contributed by atoms with E-state index in [9.17, 15) is 4.79 Å². The van der Waals surface area contributed by atoms with E-state index in [-0.39, 0.29) is 23.8 Å². The molecule has 0 aromatic rings. The van der Waals surface area contributed by atoms with Crippen molar-refractivity contribution < 1.29 is 9.90 Å². The van der Waals surface area contributed by atoms with Gasteiger partial charge in [-0.3, -0.25) is 4.79 Å². The van der Waals surface area contributed by atoms with E-state index in [4.69, 9.17) is 5.11 Å². The molecule has 0 aromatic carbocycles. The van der Waals surface area contributed by atoms with Gasteiger partial charge in [-0.1, -0.05) is 13.8 Å². The zero-order chi connectivity index (χ0) is 12.0. The summed E-state index contributed by atoms with van der Waals surface area (Å²) in [5.74, 6) is 0.275. The first-order chi connectivity index (χ1) is 7.64. The molecule has 94 valence electrons. The Morgan fingerprint density at radius 1 is 1.62 bits per heavy atom. The van der Waals surface area contributed by atoms with Crippen LogP contribution in [0.15, 0.2) is 0 Å². The Kier molecular flexibility index (Phi) is 5.22. The minimum atomic E-state index is -0.229. The summed E-state index contributed by atoms with van der Waals surface area (Å²) < 4.78 is 0. The average molecular weight is 228 g/mol. The zero-order valence-corrected chi connectivity index (χ0v) is 10.4. The first-order valence-electron chi connectivity index (χ1n) is 6.24. The molecule has 3 N–H and O–H groups in total. The number of carbonyl (C=O) groups excluding carboxylic acids is 1. The van der Waals surface area contributed by atoms with Gasteiger partial charge >= 0.3 is 0 Å². The van der Waals surface area contributed by atoms with Gasteiger partial charge in [0.25, 0.3) is 0 Å². The number of carbonyl (C=O) groups is 1. The van der Waals surface area contributed by atoms with Crippen LogP contribution >= 0.6 is 0 Å². The third kappa shape index (κ3) is 3.19. The topological polar surface area (TPSA) is 61.4 Å². The smallest absolute Gasteiger partial charge is 0.227 e. The van der Waals surface area contributed by atoms with Crippen molar-refractivity contribution in [1.29, 1.82) is 0 Å². The summed E-state index contributed by atoms with van der Waals surface area (Å²) in [6, 6.07) is 0. The van der Waals surface area contributed by atoms with Gasteiger partial charge in [0, 0.05) is 19.7 Å². The first-order valence-corrected chi connectivity index (χ1v) is 6.24. The Bertz CT molecular complexity index is 225. The van der Waals surface area contributed by atoms with Gasteiger partial charge in [-0.15, -0.1) is 0 Å². The lowest BCUT2D eigenvalue weighted by atomic mass is 9.77. The summed E-state index contributed by atoms with van der Waals surface area (Å²) in [6.07, 6.45) is 2.91. The second-order valence-corrected chi connectivity index (χ2v) is 4.91. The fourth-order valence-electron chi connectivity index (χ4n) is 2.14. The summed E-state index contributed by atoms with van der Waals surface area (Å²) >= 11 is 0. The summed E-state index contributed by atoms with van der Waals surface area (Å²) in [4.78, 5) is 12.1. The molecule has 1 aliphatic heterocycles. The molecule has 0 bridgehead atoms. The highest BCUT2D eigenvalue weighted by Gasteiger charge is 2.37. The number of amides is 1. The molecule has 2 atom stereocenters. The highest BCUT2D eigenvalue weighted by atomic mass is 16.3. The zero-order valence-electron chi connectivity index (χ0n) is 10.4. The molecule has 1 heterocycles. The second-order valence-electron chi connectivity index (χ2n) is 4.91. The van der Waals surface area contributed by atoms with Crippen LogP contribution in [0.2, 0.25) is 0 Å². The minimum Gasteiger partial charge on any atom is -0.396 e. The molecule has 0 aliphatic carbocycles. The maximum absolute atomic E-state index is 12.1. The van der Waals surface area contributed by atoms with Crippen molar-refractivity contribution in [1.82, 2.24) is 10.6 Å². The molecule has 0 aromatic heterocycles. The van der Waals surface area contributed by atoms with Crippen LogP contribution in [0.3, 0.4) is 0 Å². The molecule has 4 nitrogen and oxygen atoms in total. The fourth-order valence-corrected chi connectivity index (χ4v) is 2.14. The lowest BCUT2D eigenvalue weighted by Gasteiger charge is -2.35. The minimum absolute atomic E-state index is 0.123. The Balaban J connectivity index is 2.48. The lowest BCUT2D eigenvalue weighted by Crippen LogP contribution is -2.51. The first kappa shape index (κ1) is 13.5. The number of piperidine rings is 1. The molecule has 1 rings (SSSR count). The normalized spacial score (nSPS) is 27.4. The van der Waals surface area contributed by atoms with E-state index in [2.05, 4.69) is 17.6 Å². The number of aliphatic hydroxyl groups is 1. The lowest BCUT2D eigenvalue weighted by molar-refractivity contribution is -0.132. The van der Waals surface area contributed by atoms with Gasteiger partial charge in [-0.25, -0.2) is 0 Å². The van der Waals surface area contributed by atoms with Gasteiger partial charge in [-0.05, 0) is 31.7 Å². The summed E-state index contributed by atoms with van der Waals surface area (Å²) in [5, 5.41) is 15.2. The van der Waals surface area contributed by atoms with E-state index in [0.29, 0.717) is 6.54 Å². The summed E-state index contributed by atoms with van der Waals surface area (Å²) in [5.41, 5.74) is -0.229. The molecular weight excluding hydrogens is 204 g/mol. The van der Waals surface area contributed by atoms with Crippen LogP contribution in [0.5, 0.6) is 0 Å². The number of hydrogen-bond donors (Lipinski definition) is 3. The molecule has 2 unspecified atom stereocenters. The van der Waals surface area contributed by atoms with Crippen LogP contribution in [0.1, 0.15) is 33.1 Å². The second kappa shape index (κ2) is 6.21. The number of nitrogens with one attached hydrogen (secondary N) is 2. The van der Waals surface area contributed by atoms with Crippen molar-refractivity contribution in [3.63, 3.8) is 0 Å². The van der Waals surface area contributed by atoms with E-state index in [1.54, 1.807) is 0 Å². The van der Waals surface area contributed by atoms with E-state index >= 15 is 0 Å². The average Bonchev–Trinajstić information content (AvgIpc) is 2.36. The fraction of sp³-hybridized carbons (Fsp3) is 0.917. The Labute approximate surface area is 97.8 Å². The van der Waals surface area contributed by atoms with Crippen LogP contribution in [-0.2, 0) is 4.79 Å². The van der Waals surface area contributed by atoms with Crippen LogP contribution in [-0.4, -0.2) is 37.3 Å². The maximum Gasteiger partial charge on any atom is 0.227 e. The van der Waals surface area contributed by atoms with E-state index < -0.39 is 0 Å². The quantitative estimate of drug-likeness (QED) is 0.642. The predicted molar refractivity (Wildman–Crippen MR) is 64.1 cm³/mol. The Morgan fingerprint density at radius 3 is 2.88 bits per heavy atom. The van der Waals surface area contributed by atoms with Crippen molar-refractivity contribution >= 4 is 5.91 Å². The van der Waals surface area contributed by atoms with Crippen molar-refractivity contribution in [3.05, 3.63) is 0 Å². The Morgan fingerprint density at radius 2 is 2.38 bits per heavy atom. The molecule has 16 heavy (non-hydrogen) atoms.